The fourth-order valence-electron chi connectivity index (χ4n) is 1.07. The average Bonchev–Trinajstić information content (AvgIpc) is 2.24. The average molecular weight is 255 g/mol. The van der Waals surface area contributed by atoms with Crippen molar-refractivity contribution in [2.75, 3.05) is 0 Å². The molecule has 0 spiro atoms. The molecule has 1 rings (SSSR count). The van der Waals surface area contributed by atoms with E-state index in [4.69, 9.17) is 10.8 Å². The van der Waals surface area contributed by atoms with Crippen LogP contribution in [0.4, 0.5) is 0 Å². The Morgan fingerprint density at radius 1 is 1.06 bits per heavy atom. The molecule has 4 N–H and O–H groups in total. The van der Waals surface area contributed by atoms with Gasteiger partial charge in [0.25, 0.3) is 0 Å². The van der Waals surface area contributed by atoms with Gasteiger partial charge in [0.15, 0.2) is 10.3 Å². The molecule has 0 radical (unpaired) electrons. The molecule has 0 aliphatic rings. The third-order valence-electron chi connectivity index (χ3n) is 1.74. The van der Waals surface area contributed by atoms with Crippen LogP contribution in [-0.2, 0) is 13.1 Å². The molecule has 1 heterocycles. The number of hydrogen-bond donors (Lipinski definition) is 6. The summed E-state index contributed by atoms with van der Waals surface area (Å²) in [7, 11) is 0. The van der Waals surface area contributed by atoms with E-state index in [0.29, 0.717) is 13.1 Å². The molecule has 86 valence electrons. The zero-order chi connectivity index (χ0) is 12.0. The minimum Gasteiger partial charge on any atom is -0.360 e. The fourth-order valence-corrected chi connectivity index (χ4v) is 1.23. The number of nitrogens with one attached hydrogen (secondary N) is 4. The topological polar surface area (TPSA) is 84.7 Å². The van der Waals surface area contributed by atoms with Crippen LogP contribution in [-0.4, -0.2) is 15.3 Å². The first-order valence-corrected chi connectivity index (χ1v) is 5.45. The Labute approximate surface area is 105 Å². The van der Waals surface area contributed by atoms with E-state index in [9.17, 15) is 0 Å². The zero-order valence-corrected chi connectivity index (χ0v) is 10.3. The Morgan fingerprint density at radius 2 is 1.50 bits per heavy atom. The van der Waals surface area contributed by atoms with Crippen LogP contribution in [0.2, 0.25) is 0 Å². The third kappa shape index (κ3) is 5.04. The van der Waals surface area contributed by atoms with Crippen LogP contribution in [0.3, 0.4) is 0 Å². The van der Waals surface area contributed by atoms with Crippen molar-refractivity contribution in [1.29, 1.82) is 10.8 Å². The van der Waals surface area contributed by atoms with Gasteiger partial charge in [-0.05, 0) is 12.1 Å². The molecule has 0 atom stereocenters. The van der Waals surface area contributed by atoms with Crippen molar-refractivity contribution in [3.63, 3.8) is 0 Å². The molecule has 0 aliphatic heterocycles. The normalized spacial score (nSPS) is 9.62. The monoisotopic (exact) mass is 255 g/mol. The highest BCUT2D eigenvalue weighted by Gasteiger charge is 1.98. The molecule has 1 aromatic heterocycles. The molecule has 1 aromatic rings. The third-order valence-corrected chi connectivity index (χ3v) is 2.05. The fraction of sp³-hybridized carbons (Fsp3) is 0.222. The number of rotatable bonds is 4. The molecule has 0 bridgehead atoms. The Hall–Kier alpha value is -1.21. The number of thiol groups is 2. The number of hydrogen-bond acceptors (Lipinski definition) is 3. The molecular weight excluding hydrogens is 242 g/mol. The minimum absolute atomic E-state index is 0.113. The molecular formula is C9H13N5S2. The first kappa shape index (κ1) is 12.9. The van der Waals surface area contributed by atoms with E-state index in [1.165, 1.54) is 0 Å². The van der Waals surface area contributed by atoms with Crippen LogP contribution in [0.1, 0.15) is 11.4 Å². The lowest BCUT2D eigenvalue weighted by Crippen LogP contribution is -2.20. The van der Waals surface area contributed by atoms with Crippen LogP contribution in [0.5, 0.6) is 0 Å². The van der Waals surface area contributed by atoms with Gasteiger partial charge in [-0.15, -0.1) is 25.3 Å². The van der Waals surface area contributed by atoms with Crippen molar-refractivity contribution in [3.05, 3.63) is 29.6 Å². The molecule has 0 saturated carbocycles. The standard InChI is InChI=1S/C9H13N5S2/c10-8(15)12-4-6-2-1-3-7(14-6)5-13-9(11)16/h1-3H,4-5H2,(H3,10,12,15)(H3,11,13,16). The second-order valence-electron chi connectivity index (χ2n) is 3.02. The lowest BCUT2D eigenvalue weighted by atomic mass is 10.3. The van der Waals surface area contributed by atoms with Crippen molar-refractivity contribution in [3.8, 4) is 0 Å². The maximum atomic E-state index is 7.11. The molecule has 0 saturated heterocycles. The quantitative estimate of drug-likeness (QED) is 0.276. The van der Waals surface area contributed by atoms with E-state index in [0.717, 1.165) is 11.4 Å². The van der Waals surface area contributed by atoms with Gasteiger partial charge in [-0.3, -0.25) is 15.8 Å². The van der Waals surface area contributed by atoms with Crippen molar-refractivity contribution in [2.24, 2.45) is 0 Å². The number of nitrogens with zero attached hydrogens (tertiary/aromatic N) is 1. The van der Waals surface area contributed by atoms with Crippen molar-refractivity contribution in [1.82, 2.24) is 15.6 Å². The Morgan fingerprint density at radius 3 is 1.88 bits per heavy atom. The largest absolute Gasteiger partial charge is 0.360 e. The summed E-state index contributed by atoms with van der Waals surface area (Å²) < 4.78 is 0. The van der Waals surface area contributed by atoms with Gasteiger partial charge in [0.1, 0.15) is 0 Å². The van der Waals surface area contributed by atoms with Gasteiger partial charge in [-0.1, -0.05) is 6.07 Å². The molecule has 0 amide bonds. The first-order valence-electron chi connectivity index (χ1n) is 4.55. The van der Waals surface area contributed by atoms with Crippen molar-refractivity contribution in [2.45, 2.75) is 13.1 Å². The molecule has 0 aromatic carbocycles. The summed E-state index contributed by atoms with van der Waals surface area (Å²) in [5, 5.41) is 20.0. The zero-order valence-electron chi connectivity index (χ0n) is 8.49. The summed E-state index contributed by atoms with van der Waals surface area (Å²) >= 11 is 7.63. The van der Waals surface area contributed by atoms with E-state index < -0.39 is 0 Å². The first-order chi connectivity index (χ1) is 7.58. The van der Waals surface area contributed by atoms with Crippen LogP contribution in [0.15, 0.2) is 18.2 Å². The highest BCUT2D eigenvalue weighted by Crippen LogP contribution is 1.99. The predicted octanol–water partition coefficient (Wildman–Crippen LogP) is 0.990. The van der Waals surface area contributed by atoms with Gasteiger partial charge in [0.05, 0.1) is 24.5 Å². The summed E-state index contributed by atoms with van der Waals surface area (Å²) in [4.78, 5) is 4.33. The second kappa shape index (κ2) is 6.39. The molecule has 0 aliphatic carbocycles. The summed E-state index contributed by atoms with van der Waals surface area (Å²) in [5.74, 6) is 0. The highest BCUT2D eigenvalue weighted by atomic mass is 32.1. The highest BCUT2D eigenvalue weighted by molar-refractivity contribution is 7.96. The van der Waals surface area contributed by atoms with Crippen LogP contribution < -0.4 is 10.6 Å². The van der Waals surface area contributed by atoms with Crippen LogP contribution in [0, 0.1) is 10.8 Å². The molecule has 7 heteroatoms. The summed E-state index contributed by atoms with van der Waals surface area (Å²) in [6, 6.07) is 5.60. The molecule has 0 unspecified atom stereocenters. The van der Waals surface area contributed by atoms with Crippen molar-refractivity contribution >= 4 is 35.6 Å². The SMILES string of the molecule is N=C(S)NCc1cccc(CNC(=N)S)n1. The summed E-state index contributed by atoms with van der Waals surface area (Å²) in [6.45, 7) is 0.934. The molecule has 5 nitrogen and oxygen atoms in total. The number of amidine groups is 2. The molecule has 0 fully saturated rings. The van der Waals surface area contributed by atoms with Gasteiger partial charge in [-0.25, -0.2) is 0 Å². The van der Waals surface area contributed by atoms with E-state index in [1.807, 2.05) is 18.2 Å². The van der Waals surface area contributed by atoms with Gasteiger partial charge >= 0.3 is 0 Å². The second-order valence-corrected chi connectivity index (χ2v) is 3.92. The minimum atomic E-state index is 0.113. The van der Waals surface area contributed by atoms with Crippen molar-refractivity contribution < 1.29 is 0 Å². The Kier molecular flexibility index (Phi) is 5.13. The summed E-state index contributed by atoms with van der Waals surface area (Å²) in [6.07, 6.45) is 0. The van der Waals surface area contributed by atoms with E-state index in [-0.39, 0.29) is 10.3 Å². The Bertz CT molecular complexity index is 360. The van der Waals surface area contributed by atoms with Gasteiger partial charge in [0, 0.05) is 0 Å². The van der Waals surface area contributed by atoms with Crippen LogP contribution >= 0.6 is 25.3 Å². The summed E-state index contributed by atoms with van der Waals surface area (Å²) in [5.41, 5.74) is 1.65. The lowest BCUT2D eigenvalue weighted by molar-refractivity contribution is 0.825. The maximum Gasteiger partial charge on any atom is 0.150 e. The van der Waals surface area contributed by atoms with Gasteiger partial charge < -0.3 is 10.6 Å². The maximum absolute atomic E-state index is 7.11. The molecule has 16 heavy (non-hydrogen) atoms. The predicted molar refractivity (Wildman–Crippen MR) is 71.3 cm³/mol. The number of pyridine rings is 1. The van der Waals surface area contributed by atoms with E-state index >= 15 is 0 Å². The lowest BCUT2D eigenvalue weighted by Gasteiger charge is -2.06. The Balaban J connectivity index is 2.56. The van der Waals surface area contributed by atoms with Gasteiger partial charge in [-0.2, -0.15) is 0 Å². The smallest absolute Gasteiger partial charge is 0.150 e. The van der Waals surface area contributed by atoms with Crippen LogP contribution in [0.25, 0.3) is 0 Å². The number of aromatic nitrogens is 1. The van der Waals surface area contributed by atoms with E-state index in [1.54, 1.807) is 0 Å². The van der Waals surface area contributed by atoms with E-state index in [2.05, 4.69) is 40.9 Å². The van der Waals surface area contributed by atoms with Gasteiger partial charge in [0.2, 0.25) is 0 Å².